The van der Waals surface area contributed by atoms with E-state index in [-0.39, 0.29) is 18.3 Å². The molecule has 1 unspecified atom stereocenters. The van der Waals surface area contributed by atoms with Crippen LogP contribution in [0, 0.1) is 17.6 Å². The van der Waals surface area contributed by atoms with Gasteiger partial charge in [-0.1, -0.05) is 6.07 Å². The number of rotatable bonds is 4. The molecule has 1 aliphatic heterocycles. The second-order valence-electron chi connectivity index (χ2n) is 7.06. The largest absolute Gasteiger partial charge is 0.341 e. The Morgan fingerprint density at radius 3 is 2.62 bits per heavy atom. The van der Waals surface area contributed by atoms with E-state index in [2.05, 4.69) is 0 Å². The van der Waals surface area contributed by atoms with Gasteiger partial charge < -0.3 is 10.6 Å². The van der Waals surface area contributed by atoms with Crippen LogP contribution in [0.2, 0.25) is 0 Å². The summed E-state index contributed by atoms with van der Waals surface area (Å²) in [5, 5.41) is 0. The molecular weight excluding hydrogens is 334 g/mol. The summed E-state index contributed by atoms with van der Waals surface area (Å²) in [6.45, 7) is 1.53. The standard InChI is InChI=1S/C18H24F2N2O.ClH/c19-15-7-6-13(11-16(15)20)4-5-14-3-1-10-22(12-14)17(23)18(21)8-2-9-18;/h6-7,11,14H,1-5,8-10,12,21H2;1H. The number of amides is 1. The zero-order chi connectivity index (χ0) is 16.4. The van der Waals surface area contributed by atoms with Crippen molar-refractivity contribution in [1.29, 1.82) is 0 Å². The fourth-order valence-electron chi connectivity index (χ4n) is 3.64. The van der Waals surface area contributed by atoms with Crippen LogP contribution in [-0.2, 0) is 11.2 Å². The minimum absolute atomic E-state index is 0. The Hall–Kier alpha value is -1.20. The highest BCUT2D eigenvalue weighted by atomic mass is 35.5. The SMILES string of the molecule is Cl.NC1(C(=O)N2CCCC(CCc3ccc(F)c(F)c3)C2)CCC1. The Bertz CT molecular complexity index is 592. The summed E-state index contributed by atoms with van der Waals surface area (Å²) >= 11 is 0. The third-order valence-electron chi connectivity index (χ3n) is 5.30. The molecule has 24 heavy (non-hydrogen) atoms. The maximum atomic E-state index is 13.2. The molecule has 0 bridgehead atoms. The summed E-state index contributed by atoms with van der Waals surface area (Å²) in [5.41, 5.74) is 6.33. The van der Waals surface area contributed by atoms with E-state index in [9.17, 15) is 13.6 Å². The normalized spacial score (nSPS) is 22.5. The summed E-state index contributed by atoms with van der Waals surface area (Å²) in [7, 11) is 0. The van der Waals surface area contributed by atoms with Crippen molar-refractivity contribution in [3.8, 4) is 0 Å². The van der Waals surface area contributed by atoms with Gasteiger partial charge in [0.15, 0.2) is 11.6 Å². The van der Waals surface area contributed by atoms with Gasteiger partial charge in [0.2, 0.25) is 5.91 Å². The number of hydrogen-bond acceptors (Lipinski definition) is 2. The molecular formula is C18H25ClF2N2O. The Kier molecular flexibility index (Phi) is 6.21. The molecule has 1 atom stereocenters. The average molecular weight is 359 g/mol. The zero-order valence-electron chi connectivity index (χ0n) is 13.8. The van der Waals surface area contributed by atoms with Crippen LogP contribution < -0.4 is 5.73 Å². The van der Waals surface area contributed by atoms with E-state index >= 15 is 0 Å². The highest BCUT2D eigenvalue weighted by Gasteiger charge is 2.43. The predicted molar refractivity (Wildman–Crippen MR) is 92.0 cm³/mol. The lowest BCUT2D eigenvalue weighted by atomic mass is 9.76. The monoisotopic (exact) mass is 358 g/mol. The summed E-state index contributed by atoms with van der Waals surface area (Å²) in [5.74, 6) is -1.10. The molecule has 1 saturated carbocycles. The summed E-state index contributed by atoms with van der Waals surface area (Å²) in [4.78, 5) is 14.4. The van der Waals surface area contributed by atoms with Gasteiger partial charge >= 0.3 is 0 Å². The minimum atomic E-state index is -0.808. The maximum absolute atomic E-state index is 13.2. The minimum Gasteiger partial charge on any atom is -0.341 e. The highest BCUT2D eigenvalue weighted by Crippen LogP contribution is 2.33. The van der Waals surface area contributed by atoms with Gasteiger partial charge in [0.05, 0.1) is 5.54 Å². The molecule has 0 radical (unpaired) electrons. The maximum Gasteiger partial charge on any atom is 0.242 e. The van der Waals surface area contributed by atoms with Crippen molar-refractivity contribution in [2.24, 2.45) is 11.7 Å². The number of nitrogens with two attached hydrogens (primary N) is 1. The van der Waals surface area contributed by atoms with Gasteiger partial charge in [-0.2, -0.15) is 0 Å². The molecule has 134 valence electrons. The van der Waals surface area contributed by atoms with E-state index in [1.54, 1.807) is 6.07 Å². The number of hydrogen-bond donors (Lipinski definition) is 1. The molecule has 3 nitrogen and oxygen atoms in total. The van der Waals surface area contributed by atoms with Crippen molar-refractivity contribution in [2.75, 3.05) is 13.1 Å². The molecule has 6 heteroatoms. The number of likely N-dealkylation sites (tertiary alicyclic amines) is 1. The third kappa shape index (κ3) is 4.06. The molecule has 1 aliphatic carbocycles. The van der Waals surface area contributed by atoms with Crippen LogP contribution in [0.15, 0.2) is 18.2 Å². The third-order valence-corrected chi connectivity index (χ3v) is 5.30. The zero-order valence-corrected chi connectivity index (χ0v) is 14.6. The van der Waals surface area contributed by atoms with E-state index in [0.29, 0.717) is 12.3 Å². The molecule has 1 heterocycles. The summed E-state index contributed by atoms with van der Waals surface area (Å²) in [6.07, 6.45) is 6.28. The van der Waals surface area contributed by atoms with Crippen molar-refractivity contribution in [3.05, 3.63) is 35.4 Å². The predicted octanol–water partition coefficient (Wildman–Crippen LogP) is 3.44. The molecule has 3 rings (SSSR count). The summed E-state index contributed by atoms with van der Waals surface area (Å²) in [6, 6.07) is 4.08. The first-order valence-corrected chi connectivity index (χ1v) is 8.50. The molecule has 0 aromatic heterocycles. The van der Waals surface area contributed by atoms with Crippen molar-refractivity contribution < 1.29 is 13.6 Å². The lowest BCUT2D eigenvalue weighted by Gasteiger charge is -2.43. The first-order valence-electron chi connectivity index (χ1n) is 8.50. The van der Waals surface area contributed by atoms with Crippen molar-refractivity contribution in [2.45, 2.75) is 50.5 Å². The number of carbonyl (C=O) groups excluding carboxylic acids is 1. The van der Waals surface area contributed by atoms with Crippen molar-refractivity contribution >= 4 is 18.3 Å². The molecule has 1 amide bonds. The topological polar surface area (TPSA) is 46.3 Å². The number of carbonyl (C=O) groups is 1. The molecule has 1 aromatic carbocycles. The van der Waals surface area contributed by atoms with Crippen LogP contribution in [0.3, 0.4) is 0 Å². The van der Waals surface area contributed by atoms with E-state index in [1.807, 2.05) is 4.90 Å². The van der Waals surface area contributed by atoms with Crippen LogP contribution in [0.1, 0.15) is 44.1 Å². The molecule has 2 N–H and O–H groups in total. The van der Waals surface area contributed by atoms with Crippen molar-refractivity contribution in [1.82, 2.24) is 4.90 Å². The average Bonchev–Trinajstić information content (AvgIpc) is 2.53. The van der Waals surface area contributed by atoms with Gasteiger partial charge in [-0.3, -0.25) is 4.79 Å². The smallest absolute Gasteiger partial charge is 0.242 e. The van der Waals surface area contributed by atoms with Gasteiger partial charge in [0.25, 0.3) is 0 Å². The van der Waals surface area contributed by atoms with Crippen LogP contribution in [0.5, 0.6) is 0 Å². The molecule has 1 aromatic rings. The second kappa shape index (κ2) is 7.79. The molecule has 0 spiro atoms. The first kappa shape index (κ1) is 19.1. The lowest BCUT2D eigenvalue weighted by Crippen LogP contribution is -2.60. The van der Waals surface area contributed by atoms with E-state index in [0.717, 1.165) is 57.2 Å². The van der Waals surface area contributed by atoms with E-state index in [1.165, 1.54) is 12.1 Å². The van der Waals surface area contributed by atoms with E-state index < -0.39 is 17.2 Å². The molecule has 2 fully saturated rings. The molecule has 2 aliphatic rings. The van der Waals surface area contributed by atoms with E-state index in [4.69, 9.17) is 5.73 Å². The Morgan fingerprint density at radius 1 is 1.25 bits per heavy atom. The quantitative estimate of drug-likeness (QED) is 0.896. The van der Waals surface area contributed by atoms with Gasteiger partial charge in [-0.05, 0) is 68.6 Å². The Balaban J connectivity index is 0.00000208. The molecule has 1 saturated heterocycles. The number of aryl methyl sites for hydroxylation is 1. The Labute approximate surface area is 148 Å². The fraction of sp³-hybridized carbons (Fsp3) is 0.611. The fourth-order valence-corrected chi connectivity index (χ4v) is 3.64. The Morgan fingerprint density at radius 2 is 2.00 bits per heavy atom. The van der Waals surface area contributed by atoms with Gasteiger partial charge in [-0.15, -0.1) is 12.4 Å². The number of nitrogens with zero attached hydrogens (tertiary/aromatic N) is 1. The van der Waals surface area contributed by atoms with Gasteiger partial charge in [0, 0.05) is 13.1 Å². The van der Waals surface area contributed by atoms with Crippen LogP contribution in [-0.4, -0.2) is 29.4 Å². The van der Waals surface area contributed by atoms with Crippen LogP contribution in [0.4, 0.5) is 8.78 Å². The summed E-state index contributed by atoms with van der Waals surface area (Å²) < 4.78 is 26.2. The first-order chi connectivity index (χ1) is 11.0. The van der Waals surface area contributed by atoms with Crippen molar-refractivity contribution in [3.63, 3.8) is 0 Å². The number of benzene rings is 1. The van der Waals surface area contributed by atoms with Gasteiger partial charge in [0.1, 0.15) is 0 Å². The number of halogens is 3. The highest BCUT2D eigenvalue weighted by molar-refractivity contribution is 5.87. The lowest BCUT2D eigenvalue weighted by molar-refractivity contribution is -0.142. The van der Waals surface area contributed by atoms with Crippen LogP contribution in [0.25, 0.3) is 0 Å². The van der Waals surface area contributed by atoms with Gasteiger partial charge in [-0.25, -0.2) is 8.78 Å². The number of piperidine rings is 1. The van der Waals surface area contributed by atoms with Crippen LogP contribution >= 0.6 is 12.4 Å². The second-order valence-corrected chi connectivity index (χ2v) is 7.06.